The third kappa shape index (κ3) is 2.76. The van der Waals surface area contributed by atoms with Gasteiger partial charge >= 0.3 is 0 Å². The van der Waals surface area contributed by atoms with Crippen molar-refractivity contribution in [1.82, 2.24) is 9.97 Å². The number of carbonyl (C=O) groups excluding carboxylic acids is 1. The molecule has 2 heterocycles. The van der Waals surface area contributed by atoms with Gasteiger partial charge in [-0.2, -0.15) is 0 Å². The summed E-state index contributed by atoms with van der Waals surface area (Å²) in [6.45, 7) is 1.86. The van der Waals surface area contributed by atoms with Gasteiger partial charge in [0.05, 0.1) is 5.69 Å². The van der Waals surface area contributed by atoms with Crippen molar-refractivity contribution in [1.29, 1.82) is 0 Å². The highest BCUT2D eigenvalue weighted by molar-refractivity contribution is 7.17. The largest absolute Gasteiger partial charge is 0.311 e. The molecule has 0 aliphatic carbocycles. The number of aryl methyl sites for hydroxylation is 1. The van der Waals surface area contributed by atoms with E-state index in [2.05, 4.69) is 9.97 Å². The van der Waals surface area contributed by atoms with E-state index in [0.717, 1.165) is 22.0 Å². The lowest BCUT2D eigenvalue weighted by Gasteiger charge is -2.16. The van der Waals surface area contributed by atoms with Gasteiger partial charge in [-0.1, -0.05) is 18.2 Å². The van der Waals surface area contributed by atoms with Gasteiger partial charge in [-0.15, -0.1) is 11.3 Å². The van der Waals surface area contributed by atoms with Gasteiger partial charge < -0.3 is 4.90 Å². The second kappa shape index (κ2) is 6.07. The number of para-hydroxylation sites is 1. The first-order valence-electron chi connectivity index (χ1n) is 6.88. The van der Waals surface area contributed by atoms with E-state index in [-0.39, 0.29) is 5.91 Å². The summed E-state index contributed by atoms with van der Waals surface area (Å²) >= 11 is 1.40. The molecule has 22 heavy (non-hydrogen) atoms. The molecule has 0 radical (unpaired) electrons. The van der Waals surface area contributed by atoms with Gasteiger partial charge in [0.25, 0.3) is 5.91 Å². The first kappa shape index (κ1) is 14.4. The molecular weight excluding hydrogens is 294 g/mol. The molecule has 0 spiro atoms. The third-order valence-electron chi connectivity index (χ3n) is 3.35. The van der Waals surface area contributed by atoms with E-state index in [1.54, 1.807) is 24.3 Å². The number of nitrogens with zero attached hydrogens (tertiary/aromatic N) is 3. The molecule has 4 nitrogen and oxygen atoms in total. The molecule has 0 N–H and O–H groups in total. The van der Waals surface area contributed by atoms with Crippen molar-refractivity contribution in [3.63, 3.8) is 0 Å². The van der Waals surface area contributed by atoms with Crippen LogP contribution in [0.25, 0.3) is 10.6 Å². The smallest absolute Gasteiger partial charge is 0.270 e. The van der Waals surface area contributed by atoms with Crippen LogP contribution in [0.15, 0.2) is 54.9 Å². The van der Waals surface area contributed by atoms with Gasteiger partial charge in [-0.05, 0) is 31.2 Å². The van der Waals surface area contributed by atoms with Crippen LogP contribution in [-0.4, -0.2) is 22.9 Å². The maximum absolute atomic E-state index is 12.7. The summed E-state index contributed by atoms with van der Waals surface area (Å²) in [6, 6.07) is 13.4. The Balaban J connectivity index is 1.92. The van der Waals surface area contributed by atoms with E-state index in [9.17, 15) is 4.79 Å². The zero-order valence-electron chi connectivity index (χ0n) is 12.4. The van der Waals surface area contributed by atoms with Crippen LogP contribution in [0.5, 0.6) is 0 Å². The van der Waals surface area contributed by atoms with Gasteiger partial charge in [0.15, 0.2) is 0 Å². The summed E-state index contributed by atoms with van der Waals surface area (Å²) in [7, 11) is 1.78. The number of pyridine rings is 1. The Morgan fingerprint density at radius 3 is 2.59 bits per heavy atom. The van der Waals surface area contributed by atoms with Crippen molar-refractivity contribution in [2.45, 2.75) is 6.92 Å². The zero-order chi connectivity index (χ0) is 15.5. The molecule has 0 atom stereocenters. The van der Waals surface area contributed by atoms with Gasteiger partial charge in [0.1, 0.15) is 9.88 Å². The fourth-order valence-electron chi connectivity index (χ4n) is 2.13. The number of rotatable bonds is 3. The number of hydrogen-bond donors (Lipinski definition) is 0. The van der Waals surface area contributed by atoms with Crippen molar-refractivity contribution >= 4 is 22.9 Å². The van der Waals surface area contributed by atoms with Crippen LogP contribution >= 0.6 is 11.3 Å². The van der Waals surface area contributed by atoms with Crippen LogP contribution in [0.1, 0.15) is 15.4 Å². The Hall–Kier alpha value is -2.53. The number of anilines is 1. The lowest BCUT2D eigenvalue weighted by molar-refractivity contribution is 0.0996. The molecule has 5 heteroatoms. The van der Waals surface area contributed by atoms with Gasteiger partial charge in [0, 0.05) is 30.7 Å². The van der Waals surface area contributed by atoms with E-state index in [4.69, 9.17) is 0 Å². The molecular formula is C17H15N3OS. The first-order chi connectivity index (χ1) is 10.7. The maximum Gasteiger partial charge on any atom is 0.270 e. The molecule has 3 aromatic rings. The van der Waals surface area contributed by atoms with Crippen molar-refractivity contribution in [3.8, 4) is 10.6 Å². The molecule has 1 aromatic carbocycles. The van der Waals surface area contributed by atoms with Crippen molar-refractivity contribution in [3.05, 3.63) is 65.4 Å². The zero-order valence-corrected chi connectivity index (χ0v) is 13.2. The van der Waals surface area contributed by atoms with Crippen LogP contribution in [0.3, 0.4) is 0 Å². The SMILES string of the molecule is Cc1nc(-c2cccnc2)sc1C(=O)N(C)c1ccccc1. The van der Waals surface area contributed by atoms with Crippen LogP contribution in [0, 0.1) is 6.92 Å². The standard InChI is InChI=1S/C17H15N3OS/c1-12-15(17(21)20(2)14-8-4-3-5-9-14)22-16(19-12)13-7-6-10-18-11-13/h3-11H,1-2H3. The van der Waals surface area contributed by atoms with Crippen LogP contribution in [0.4, 0.5) is 5.69 Å². The van der Waals surface area contributed by atoms with Crippen LogP contribution < -0.4 is 4.90 Å². The van der Waals surface area contributed by atoms with Crippen molar-refractivity contribution in [2.75, 3.05) is 11.9 Å². The number of benzene rings is 1. The molecule has 0 unspecified atom stereocenters. The van der Waals surface area contributed by atoms with Crippen molar-refractivity contribution in [2.24, 2.45) is 0 Å². The van der Waals surface area contributed by atoms with E-state index < -0.39 is 0 Å². The summed E-state index contributed by atoms with van der Waals surface area (Å²) < 4.78 is 0. The monoisotopic (exact) mass is 309 g/mol. The number of thiazole rings is 1. The Bertz CT molecular complexity index is 784. The Labute approximate surface area is 133 Å². The Morgan fingerprint density at radius 1 is 1.14 bits per heavy atom. The van der Waals surface area contributed by atoms with Gasteiger partial charge in [0.2, 0.25) is 0 Å². The highest BCUT2D eigenvalue weighted by Crippen LogP contribution is 2.29. The number of amides is 1. The fourth-order valence-corrected chi connectivity index (χ4v) is 3.16. The third-order valence-corrected chi connectivity index (χ3v) is 4.54. The fraction of sp³-hybridized carbons (Fsp3) is 0.118. The summed E-state index contributed by atoms with van der Waals surface area (Å²) in [6.07, 6.45) is 3.48. The molecule has 0 fully saturated rings. The van der Waals surface area contributed by atoms with Crippen LogP contribution in [-0.2, 0) is 0 Å². The average molecular weight is 309 g/mol. The van der Waals surface area contributed by atoms with E-state index in [1.807, 2.05) is 49.4 Å². The van der Waals surface area contributed by atoms with Gasteiger partial charge in [-0.25, -0.2) is 4.98 Å². The van der Waals surface area contributed by atoms with E-state index >= 15 is 0 Å². The maximum atomic E-state index is 12.7. The highest BCUT2D eigenvalue weighted by atomic mass is 32.1. The normalized spacial score (nSPS) is 10.5. The molecule has 110 valence electrons. The van der Waals surface area contributed by atoms with Crippen molar-refractivity contribution < 1.29 is 4.79 Å². The highest BCUT2D eigenvalue weighted by Gasteiger charge is 2.20. The first-order valence-corrected chi connectivity index (χ1v) is 7.69. The summed E-state index contributed by atoms with van der Waals surface area (Å²) in [5.74, 6) is -0.0451. The predicted molar refractivity (Wildman–Crippen MR) is 89.3 cm³/mol. The second-order valence-corrected chi connectivity index (χ2v) is 5.87. The molecule has 2 aromatic heterocycles. The predicted octanol–water partition coefficient (Wildman–Crippen LogP) is 3.79. The molecule has 1 amide bonds. The number of carbonyl (C=O) groups is 1. The second-order valence-electron chi connectivity index (χ2n) is 4.87. The quantitative estimate of drug-likeness (QED) is 0.739. The summed E-state index contributed by atoms with van der Waals surface area (Å²) in [5.41, 5.74) is 2.54. The minimum Gasteiger partial charge on any atom is -0.311 e. The molecule has 3 rings (SSSR count). The number of hydrogen-bond acceptors (Lipinski definition) is 4. The lowest BCUT2D eigenvalue weighted by Crippen LogP contribution is -2.25. The van der Waals surface area contributed by atoms with Gasteiger partial charge in [-0.3, -0.25) is 9.78 Å². The summed E-state index contributed by atoms with van der Waals surface area (Å²) in [5, 5.41) is 0.815. The Morgan fingerprint density at radius 2 is 1.91 bits per heavy atom. The molecule has 0 aliphatic heterocycles. The molecule has 0 saturated heterocycles. The lowest BCUT2D eigenvalue weighted by atomic mass is 10.2. The van der Waals surface area contributed by atoms with E-state index in [1.165, 1.54) is 11.3 Å². The number of aromatic nitrogens is 2. The molecule has 0 aliphatic rings. The average Bonchev–Trinajstić information content (AvgIpc) is 2.97. The minimum absolute atomic E-state index is 0.0451. The molecule has 0 saturated carbocycles. The van der Waals surface area contributed by atoms with E-state index in [0.29, 0.717) is 4.88 Å². The van der Waals surface area contributed by atoms with Crippen LogP contribution in [0.2, 0.25) is 0 Å². The summed E-state index contributed by atoms with van der Waals surface area (Å²) in [4.78, 5) is 23.6. The Kier molecular flexibility index (Phi) is 3.98. The topological polar surface area (TPSA) is 46.1 Å². The molecule has 0 bridgehead atoms. The minimum atomic E-state index is -0.0451.